The highest BCUT2D eigenvalue weighted by atomic mass is 16.6. The number of benzene rings is 3. The third-order valence-corrected chi connectivity index (χ3v) is 6.02. The molecule has 3 aromatic carbocycles. The Labute approximate surface area is 185 Å². The summed E-state index contributed by atoms with van der Waals surface area (Å²) in [7, 11) is 0. The van der Waals surface area contributed by atoms with Crippen LogP contribution in [-0.2, 0) is 16.8 Å². The Kier molecular flexibility index (Phi) is 6.22. The maximum atomic E-state index is 13.2. The number of likely N-dealkylation sites (tertiary alicyclic amines) is 1. The van der Waals surface area contributed by atoms with E-state index in [1.165, 1.54) is 16.7 Å². The van der Waals surface area contributed by atoms with Crippen LogP contribution in [-0.4, -0.2) is 23.6 Å². The molecule has 1 aliphatic rings. The zero-order chi connectivity index (χ0) is 21.7. The van der Waals surface area contributed by atoms with Crippen molar-refractivity contribution in [2.75, 3.05) is 6.54 Å². The molecule has 0 aromatic heterocycles. The van der Waals surface area contributed by atoms with E-state index >= 15 is 0 Å². The van der Waals surface area contributed by atoms with Crippen LogP contribution in [0.4, 0.5) is 4.79 Å². The summed E-state index contributed by atoms with van der Waals surface area (Å²) in [5, 5.41) is 0. The lowest BCUT2D eigenvalue weighted by molar-refractivity contribution is 0.0963. The zero-order valence-electron chi connectivity index (χ0n) is 18.2. The van der Waals surface area contributed by atoms with Crippen molar-refractivity contribution in [1.29, 1.82) is 0 Å². The summed E-state index contributed by atoms with van der Waals surface area (Å²) in [5.41, 5.74) is 4.37. The van der Waals surface area contributed by atoms with Crippen LogP contribution in [0.5, 0.6) is 0 Å². The molecule has 0 saturated carbocycles. The van der Waals surface area contributed by atoms with Gasteiger partial charge in [0.25, 0.3) is 0 Å². The van der Waals surface area contributed by atoms with Crippen molar-refractivity contribution >= 4 is 6.09 Å². The number of ether oxygens (including phenoxy) is 1. The fraction of sp³-hybridized carbons (Fsp3) is 0.250. The van der Waals surface area contributed by atoms with Gasteiger partial charge >= 0.3 is 6.09 Å². The summed E-state index contributed by atoms with van der Waals surface area (Å²) in [6, 6.07) is 30.9. The van der Waals surface area contributed by atoms with Crippen molar-refractivity contribution in [3.8, 4) is 0 Å². The molecule has 1 atom stereocenters. The van der Waals surface area contributed by atoms with Gasteiger partial charge in [-0.25, -0.2) is 4.79 Å². The summed E-state index contributed by atoms with van der Waals surface area (Å²) in [5.74, 6) is 0. The molecule has 4 rings (SSSR count). The standard InChI is InChI=1S/C28H29NO2/c1-22(2)18-26-19-28(24-14-8-4-9-15-24,25-16-10-5-11-17-25)21-29(26)27(30)31-20-23-12-6-3-7-13-23/h3-18,26H,19-21H2,1-2H3. The monoisotopic (exact) mass is 411 g/mol. The Bertz CT molecular complexity index is 985. The van der Waals surface area contributed by atoms with E-state index in [-0.39, 0.29) is 24.2 Å². The second-order valence-corrected chi connectivity index (χ2v) is 8.50. The highest BCUT2D eigenvalue weighted by Crippen LogP contribution is 2.44. The predicted molar refractivity (Wildman–Crippen MR) is 125 cm³/mol. The van der Waals surface area contributed by atoms with Gasteiger partial charge in [-0.05, 0) is 37.0 Å². The Morgan fingerprint density at radius 3 is 1.94 bits per heavy atom. The SMILES string of the molecule is CC(C)=CC1CC(c2ccccc2)(c2ccccc2)CN1C(=O)OCc1ccccc1. The van der Waals surface area contributed by atoms with Crippen LogP contribution >= 0.6 is 0 Å². The molecule has 1 aliphatic heterocycles. The Morgan fingerprint density at radius 2 is 1.42 bits per heavy atom. The van der Waals surface area contributed by atoms with Crippen LogP contribution in [0.15, 0.2) is 103 Å². The van der Waals surface area contributed by atoms with E-state index in [1.807, 2.05) is 47.4 Å². The molecular formula is C28H29NO2. The van der Waals surface area contributed by atoms with E-state index in [1.54, 1.807) is 0 Å². The molecule has 3 nitrogen and oxygen atoms in total. The molecule has 0 spiro atoms. The Morgan fingerprint density at radius 1 is 0.903 bits per heavy atom. The molecule has 158 valence electrons. The van der Waals surface area contributed by atoms with Crippen LogP contribution < -0.4 is 0 Å². The first kappa shape index (κ1) is 20.9. The molecule has 0 N–H and O–H groups in total. The van der Waals surface area contributed by atoms with E-state index < -0.39 is 0 Å². The number of carbonyl (C=O) groups is 1. The van der Waals surface area contributed by atoms with Crippen LogP contribution in [0.1, 0.15) is 37.0 Å². The maximum Gasteiger partial charge on any atom is 0.410 e. The van der Waals surface area contributed by atoms with Gasteiger partial charge in [-0.3, -0.25) is 0 Å². The molecule has 1 saturated heterocycles. The molecule has 0 aliphatic carbocycles. The van der Waals surface area contributed by atoms with Crippen molar-refractivity contribution in [2.24, 2.45) is 0 Å². The molecule has 1 amide bonds. The van der Waals surface area contributed by atoms with E-state index in [2.05, 4.69) is 68.5 Å². The minimum atomic E-state index is -0.273. The number of hydrogen-bond acceptors (Lipinski definition) is 2. The zero-order valence-corrected chi connectivity index (χ0v) is 18.2. The van der Waals surface area contributed by atoms with E-state index in [9.17, 15) is 4.79 Å². The second-order valence-electron chi connectivity index (χ2n) is 8.50. The first-order valence-electron chi connectivity index (χ1n) is 10.8. The van der Waals surface area contributed by atoms with Crippen LogP contribution in [0.3, 0.4) is 0 Å². The van der Waals surface area contributed by atoms with Gasteiger partial charge in [0.1, 0.15) is 6.61 Å². The number of amides is 1. The third-order valence-electron chi connectivity index (χ3n) is 6.02. The predicted octanol–water partition coefficient (Wildman–Crippen LogP) is 6.35. The minimum Gasteiger partial charge on any atom is -0.445 e. The van der Waals surface area contributed by atoms with Crippen molar-refractivity contribution < 1.29 is 9.53 Å². The van der Waals surface area contributed by atoms with E-state index in [0.29, 0.717) is 6.54 Å². The summed E-state index contributed by atoms with van der Waals surface area (Å²) >= 11 is 0. The van der Waals surface area contributed by atoms with Crippen LogP contribution in [0.2, 0.25) is 0 Å². The van der Waals surface area contributed by atoms with Crippen molar-refractivity contribution in [3.63, 3.8) is 0 Å². The largest absolute Gasteiger partial charge is 0.445 e. The molecule has 0 radical (unpaired) electrons. The van der Waals surface area contributed by atoms with Gasteiger partial charge in [-0.2, -0.15) is 0 Å². The average molecular weight is 412 g/mol. The molecule has 3 aromatic rings. The fourth-order valence-corrected chi connectivity index (χ4v) is 4.57. The number of rotatable bonds is 5. The number of hydrogen-bond donors (Lipinski definition) is 0. The highest BCUT2D eigenvalue weighted by Gasteiger charge is 2.47. The smallest absolute Gasteiger partial charge is 0.410 e. The van der Waals surface area contributed by atoms with E-state index in [0.717, 1.165) is 12.0 Å². The first-order chi connectivity index (χ1) is 15.1. The lowest BCUT2D eigenvalue weighted by atomic mass is 9.73. The lowest BCUT2D eigenvalue weighted by Crippen LogP contribution is -2.37. The summed E-state index contributed by atoms with van der Waals surface area (Å²) < 4.78 is 5.75. The van der Waals surface area contributed by atoms with Gasteiger partial charge in [0.05, 0.1) is 6.04 Å². The Balaban J connectivity index is 1.68. The van der Waals surface area contributed by atoms with E-state index in [4.69, 9.17) is 4.74 Å². The minimum absolute atomic E-state index is 0.0197. The fourth-order valence-electron chi connectivity index (χ4n) is 4.57. The summed E-state index contributed by atoms with van der Waals surface area (Å²) in [6.07, 6.45) is 2.75. The number of nitrogens with zero attached hydrogens (tertiary/aromatic N) is 1. The van der Waals surface area contributed by atoms with Gasteiger partial charge < -0.3 is 9.64 Å². The summed E-state index contributed by atoms with van der Waals surface area (Å²) in [6.45, 7) is 5.03. The Hall–Kier alpha value is -3.33. The topological polar surface area (TPSA) is 29.5 Å². The first-order valence-corrected chi connectivity index (χ1v) is 10.8. The number of allylic oxidation sites excluding steroid dienone is 1. The second kappa shape index (κ2) is 9.22. The van der Waals surface area contributed by atoms with Gasteiger partial charge in [-0.15, -0.1) is 0 Å². The lowest BCUT2D eigenvalue weighted by Gasteiger charge is -2.30. The number of carbonyl (C=O) groups excluding carboxylic acids is 1. The van der Waals surface area contributed by atoms with Gasteiger partial charge in [0, 0.05) is 12.0 Å². The molecule has 31 heavy (non-hydrogen) atoms. The van der Waals surface area contributed by atoms with Gasteiger partial charge in [0.15, 0.2) is 0 Å². The van der Waals surface area contributed by atoms with Crippen LogP contribution in [0, 0.1) is 0 Å². The molecule has 1 fully saturated rings. The molecule has 3 heteroatoms. The van der Waals surface area contributed by atoms with Crippen molar-refractivity contribution in [2.45, 2.75) is 38.3 Å². The highest BCUT2D eigenvalue weighted by molar-refractivity contribution is 5.70. The van der Waals surface area contributed by atoms with Crippen molar-refractivity contribution in [3.05, 3.63) is 119 Å². The average Bonchev–Trinajstić information content (AvgIpc) is 3.19. The third kappa shape index (κ3) is 4.56. The maximum absolute atomic E-state index is 13.2. The molecule has 1 heterocycles. The van der Waals surface area contributed by atoms with Crippen LogP contribution in [0.25, 0.3) is 0 Å². The van der Waals surface area contributed by atoms with Gasteiger partial charge in [-0.1, -0.05) is 103 Å². The molecule has 1 unspecified atom stereocenters. The molecule has 0 bridgehead atoms. The molecular weight excluding hydrogens is 382 g/mol. The van der Waals surface area contributed by atoms with Gasteiger partial charge in [0.2, 0.25) is 0 Å². The normalized spacial score (nSPS) is 17.2. The summed E-state index contributed by atoms with van der Waals surface area (Å²) in [4.78, 5) is 15.1. The van der Waals surface area contributed by atoms with Crippen molar-refractivity contribution in [1.82, 2.24) is 4.90 Å². The quantitative estimate of drug-likeness (QED) is 0.458.